The Morgan fingerprint density at radius 3 is 2.28 bits per heavy atom. The van der Waals surface area contributed by atoms with Crippen LogP contribution in [0.5, 0.6) is 5.75 Å². The Hall–Kier alpha value is -2.35. The van der Waals surface area contributed by atoms with Crippen LogP contribution in [-0.2, 0) is 21.9 Å². The molecule has 0 atom stereocenters. The number of hydrogen-bond donors (Lipinski definition) is 1. The molecule has 1 N–H and O–H groups in total. The number of benzene rings is 1. The normalized spacial score (nSPS) is 11.4. The molecule has 0 aliphatic rings. The Bertz CT molecular complexity index is 881. The Labute approximate surface area is 148 Å². The number of nitrogens with zero attached hydrogens (tertiary/aromatic N) is 2. The maximum Gasteiger partial charge on any atom is 0.267 e. The summed E-state index contributed by atoms with van der Waals surface area (Å²) in [5.74, 6) is 0.0409. The van der Waals surface area contributed by atoms with Crippen molar-refractivity contribution >= 4 is 15.9 Å². The number of ether oxygens (including phenoxy) is 1. The first-order valence-electron chi connectivity index (χ1n) is 7.87. The summed E-state index contributed by atoms with van der Waals surface area (Å²) in [6.07, 6.45) is -0.0649. The molecule has 0 bridgehead atoms. The second-order valence-corrected chi connectivity index (χ2v) is 7.69. The molecule has 0 saturated carbocycles. The second-order valence-electron chi connectivity index (χ2n) is 6.07. The van der Waals surface area contributed by atoms with Crippen LogP contribution in [0, 0.1) is 27.7 Å². The van der Waals surface area contributed by atoms with Crippen molar-refractivity contribution in [2.24, 2.45) is 7.05 Å². The van der Waals surface area contributed by atoms with Crippen molar-refractivity contribution < 1.29 is 17.9 Å². The van der Waals surface area contributed by atoms with E-state index in [2.05, 4.69) is 9.82 Å². The Kier molecular flexibility index (Phi) is 5.52. The zero-order valence-corrected chi connectivity index (χ0v) is 15.9. The first-order valence-corrected chi connectivity index (χ1v) is 9.35. The van der Waals surface area contributed by atoms with Crippen LogP contribution in [0.1, 0.15) is 28.9 Å². The minimum atomic E-state index is -3.95. The van der Waals surface area contributed by atoms with Gasteiger partial charge >= 0.3 is 0 Å². The summed E-state index contributed by atoms with van der Waals surface area (Å²) in [4.78, 5) is 12.0. The van der Waals surface area contributed by atoms with Crippen LogP contribution in [0.25, 0.3) is 0 Å². The molecule has 1 amide bonds. The minimum absolute atomic E-state index is 0.0403. The molecule has 1 aromatic carbocycles. The van der Waals surface area contributed by atoms with Gasteiger partial charge in [-0.2, -0.15) is 5.10 Å². The number of carbonyl (C=O) groups excluding carboxylic acids is 1. The zero-order chi connectivity index (χ0) is 18.8. The van der Waals surface area contributed by atoms with Crippen LogP contribution in [0.2, 0.25) is 0 Å². The predicted molar refractivity (Wildman–Crippen MR) is 94.0 cm³/mol. The highest BCUT2D eigenvalue weighted by Gasteiger charge is 2.25. The van der Waals surface area contributed by atoms with Gasteiger partial charge in [-0.25, -0.2) is 13.1 Å². The number of sulfonamides is 1. The monoisotopic (exact) mass is 365 g/mol. The smallest absolute Gasteiger partial charge is 0.267 e. The molecule has 136 valence electrons. The number of carbonyl (C=O) groups is 1. The van der Waals surface area contributed by atoms with Crippen molar-refractivity contribution in [1.29, 1.82) is 0 Å². The fourth-order valence-electron chi connectivity index (χ4n) is 2.67. The predicted octanol–water partition coefficient (Wildman–Crippen LogP) is 1.93. The van der Waals surface area contributed by atoms with E-state index in [1.165, 1.54) is 4.68 Å². The van der Waals surface area contributed by atoms with Gasteiger partial charge in [-0.15, -0.1) is 0 Å². The van der Waals surface area contributed by atoms with E-state index in [0.717, 1.165) is 11.1 Å². The lowest BCUT2D eigenvalue weighted by atomic mass is 10.1. The average molecular weight is 365 g/mol. The lowest BCUT2D eigenvalue weighted by molar-refractivity contribution is -0.119. The Morgan fingerprint density at radius 1 is 1.16 bits per heavy atom. The van der Waals surface area contributed by atoms with E-state index in [-0.39, 0.29) is 17.9 Å². The molecule has 2 aromatic rings. The summed E-state index contributed by atoms with van der Waals surface area (Å²) in [5, 5.41) is 4.06. The van der Waals surface area contributed by atoms with E-state index >= 15 is 0 Å². The van der Waals surface area contributed by atoms with Crippen molar-refractivity contribution in [3.63, 3.8) is 0 Å². The van der Waals surface area contributed by atoms with Crippen molar-refractivity contribution in [3.8, 4) is 5.75 Å². The molecule has 0 saturated heterocycles. The molecule has 0 unspecified atom stereocenters. The van der Waals surface area contributed by atoms with E-state index in [9.17, 15) is 13.2 Å². The topological polar surface area (TPSA) is 90.3 Å². The summed E-state index contributed by atoms with van der Waals surface area (Å²) in [6, 6.07) is 5.75. The van der Waals surface area contributed by atoms with Gasteiger partial charge in [-0.05, 0) is 51.0 Å². The van der Waals surface area contributed by atoms with Gasteiger partial charge in [0.05, 0.1) is 24.4 Å². The van der Waals surface area contributed by atoms with E-state index in [4.69, 9.17) is 4.74 Å². The summed E-state index contributed by atoms with van der Waals surface area (Å²) >= 11 is 0. The van der Waals surface area contributed by atoms with Gasteiger partial charge in [0.15, 0.2) is 0 Å². The third-order valence-corrected chi connectivity index (χ3v) is 5.38. The maximum atomic E-state index is 12.4. The summed E-state index contributed by atoms with van der Waals surface area (Å²) in [6.45, 7) is 7.24. The fourth-order valence-corrected chi connectivity index (χ4v) is 4.13. The minimum Gasteiger partial charge on any atom is -0.493 e. The van der Waals surface area contributed by atoms with Gasteiger partial charge in [-0.1, -0.05) is 6.07 Å². The number of amides is 1. The molecule has 1 heterocycles. The van der Waals surface area contributed by atoms with Crippen molar-refractivity contribution in [1.82, 2.24) is 14.5 Å². The van der Waals surface area contributed by atoms with Crippen molar-refractivity contribution in [2.75, 3.05) is 6.61 Å². The number of nitrogens with one attached hydrogen (secondary N) is 1. The largest absolute Gasteiger partial charge is 0.493 e. The highest BCUT2D eigenvalue weighted by Crippen LogP contribution is 2.19. The standard InChI is InChI=1S/C17H23N3O4S/c1-11-8-12(2)10-15(9-11)24-7-6-16(21)19-25(22,23)17-13(3)18-20(5)14(17)4/h8-10H,6-7H2,1-5H3,(H,19,21). The Balaban J connectivity index is 1.97. The lowest BCUT2D eigenvalue weighted by Gasteiger charge is -2.09. The van der Waals surface area contributed by atoms with Gasteiger partial charge in [0.25, 0.3) is 10.0 Å². The quantitative estimate of drug-likeness (QED) is 0.845. The summed E-state index contributed by atoms with van der Waals surface area (Å²) < 4.78 is 33.9. The van der Waals surface area contributed by atoms with Gasteiger partial charge in [-0.3, -0.25) is 9.48 Å². The first-order chi connectivity index (χ1) is 11.6. The molecule has 0 aliphatic carbocycles. The van der Waals surface area contributed by atoms with Gasteiger partial charge in [0.1, 0.15) is 10.6 Å². The van der Waals surface area contributed by atoms with E-state index in [0.29, 0.717) is 17.1 Å². The second kappa shape index (κ2) is 7.26. The number of hydrogen-bond acceptors (Lipinski definition) is 5. The molecule has 0 fully saturated rings. The van der Waals surface area contributed by atoms with Crippen LogP contribution in [0.4, 0.5) is 0 Å². The number of aryl methyl sites for hydroxylation is 4. The summed E-state index contributed by atoms with van der Waals surface area (Å²) in [7, 11) is -2.29. The van der Waals surface area contributed by atoms with Crippen LogP contribution >= 0.6 is 0 Å². The van der Waals surface area contributed by atoms with E-state index < -0.39 is 15.9 Å². The highest BCUT2D eigenvalue weighted by atomic mass is 32.2. The third kappa shape index (κ3) is 4.60. The van der Waals surface area contributed by atoms with E-state index in [1.54, 1.807) is 20.9 Å². The van der Waals surface area contributed by atoms with E-state index in [1.807, 2.05) is 32.0 Å². The number of aromatic nitrogens is 2. The van der Waals surface area contributed by atoms with Crippen LogP contribution < -0.4 is 9.46 Å². The molecular formula is C17H23N3O4S. The molecule has 1 aromatic heterocycles. The van der Waals surface area contributed by atoms with Gasteiger partial charge < -0.3 is 4.74 Å². The maximum absolute atomic E-state index is 12.4. The molecule has 0 aliphatic heterocycles. The highest BCUT2D eigenvalue weighted by molar-refractivity contribution is 7.90. The van der Waals surface area contributed by atoms with Crippen LogP contribution in [-0.4, -0.2) is 30.7 Å². The molecular weight excluding hydrogens is 342 g/mol. The Morgan fingerprint density at radius 2 is 1.76 bits per heavy atom. The average Bonchev–Trinajstić information content (AvgIpc) is 2.70. The molecule has 8 heteroatoms. The molecule has 25 heavy (non-hydrogen) atoms. The molecule has 0 radical (unpaired) electrons. The summed E-state index contributed by atoms with van der Waals surface area (Å²) in [5.41, 5.74) is 2.95. The first kappa shape index (κ1) is 19.0. The fraction of sp³-hybridized carbons (Fsp3) is 0.412. The molecule has 2 rings (SSSR count). The SMILES string of the molecule is Cc1cc(C)cc(OCCC(=O)NS(=O)(=O)c2c(C)nn(C)c2C)c1. The van der Waals surface area contributed by atoms with Crippen LogP contribution in [0.15, 0.2) is 23.1 Å². The zero-order valence-electron chi connectivity index (χ0n) is 15.1. The van der Waals surface area contributed by atoms with Crippen molar-refractivity contribution in [2.45, 2.75) is 39.0 Å². The lowest BCUT2D eigenvalue weighted by Crippen LogP contribution is -2.32. The molecule has 0 spiro atoms. The van der Waals surface area contributed by atoms with Gasteiger partial charge in [0.2, 0.25) is 5.91 Å². The third-order valence-electron chi connectivity index (χ3n) is 3.75. The van der Waals surface area contributed by atoms with Crippen molar-refractivity contribution in [3.05, 3.63) is 40.7 Å². The van der Waals surface area contributed by atoms with Gasteiger partial charge in [0, 0.05) is 7.05 Å². The number of rotatable bonds is 6. The van der Waals surface area contributed by atoms with Crippen LogP contribution in [0.3, 0.4) is 0 Å². The molecule has 7 nitrogen and oxygen atoms in total.